The number of carboxylic acids is 1. The van der Waals surface area contributed by atoms with Crippen molar-refractivity contribution in [2.45, 2.75) is 41.0 Å². The molecule has 0 bridgehead atoms. The van der Waals surface area contributed by atoms with Gasteiger partial charge >= 0.3 is 5.97 Å². The smallest absolute Gasteiger partial charge is 0.308 e. The van der Waals surface area contributed by atoms with Gasteiger partial charge in [-0.15, -0.1) is 0 Å². The monoisotopic (exact) mass is 279 g/mol. The van der Waals surface area contributed by atoms with Crippen LogP contribution in [0.3, 0.4) is 0 Å². The Kier molecular flexibility index (Phi) is 6.29. The summed E-state index contributed by atoms with van der Waals surface area (Å²) in [6.45, 7) is 9.40. The Balaban J connectivity index is 4.38. The lowest BCUT2D eigenvalue weighted by Crippen LogP contribution is -2.37. The first-order valence-electron chi connectivity index (χ1n) is 6.15. The number of carboxylic acid groups (broad SMARTS) is 1. The number of nitrogens with one attached hydrogen (secondary N) is 1. The molecule has 1 unspecified atom stereocenters. The average Bonchev–Trinajstić information content (AvgIpc) is 2.12. The van der Waals surface area contributed by atoms with Crippen molar-refractivity contribution in [3.05, 3.63) is 0 Å². The summed E-state index contributed by atoms with van der Waals surface area (Å²) in [5.74, 6) is -1.73. The first kappa shape index (κ1) is 17.4. The normalized spacial score (nSPS) is 14.8. The molecule has 0 aromatic heterocycles. The Morgan fingerprint density at radius 3 is 2.11 bits per heavy atom. The topological polar surface area (TPSA) is 83.5 Å². The fraction of sp³-hybridized carbons (Fsp3) is 0.917. The molecule has 2 N–H and O–H groups in total. The molecule has 0 rings (SSSR count). The van der Waals surface area contributed by atoms with Crippen molar-refractivity contribution in [3.63, 3.8) is 0 Å². The lowest BCUT2D eigenvalue weighted by Gasteiger charge is -2.20. The first-order valence-corrected chi connectivity index (χ1v) is 7.80. The van der Waals surface area contributed by atoms with Gasteiger partial charge < -0.3 is 5.11 Å². The largest absolute Gasteiger partial charge is 0.481 e. The molecule has 0 amide bonds. The molecule has 0 aliphatic rings. The summed E-state index contributed by atoms with van der Waals surface area (Å²) in [6, 6.07) is 0. The molecule has 0 saturated heterocycles. The van der Waals surface area contributed by atoms with Gasteiger partial charge in [-0.25, -0.2) is 13.1 Å². The van der Waals surface area contributed by atoms with Gasteiger partial charge in [0, 0.05) is 6.54 Å². The average molecular weight is 279 g/mol. The third-order valence-corrected chi connectivity index (χ3v) is 4.11. The highest BCUT2D eigenvalue weighted by Gasteiger charge is 2.24. The van der Waals surface area contributed by atoms with E-state index in [0.29, 0.717) is 6.42 Å². The molecule has 0 heterocycles. The fourth-order valence-corrected chi connectivity index (χ4v) is 2.80. The van der Waals surface area contributed by atoms with Crippen LogP contribution in [-0.4, -0.2) is 31.8 Å². The summed E-state index contributed by atoms with van der Waals surface area (Å²) in [6.07, 6.45) is 0.543. The molecule has 18 heavy (non-hydrogen) atoms. The zero-order valence-corrected chi connectivity index (χ0v) is 12.7. The van der Waals surface area contributed by atoms with Gasteiger partial charge in [0.05, 0.1) is 11.7 Å². The maximum Gasteiger partial charge on any atom is 0.308 e. The predicted octanol–water partition coefficient (Wildman–Crippen LogP) is 1.70. The van der Waals surface area contributed by atoms with E-state index in [-0.39, 0.29) is 23.6 Å². The molecule has 0 spiro atoms. The number of rotatable bonds is 7. The van der Waals surface area contributed by atoms with Crippen molar-refractivity contribution in [1.82, 2.24) is 4.72 Å². The van der Waals surface area contributed by atoms with E-state index >= 15 is 0 Å². The van der Waals surface area contributed by atoms with Gasteiger partial charge in [0.2, 0.25) is 10.0 Å². The standard InChI is InChI=1S/C12H25NO4S/c1-9(2)10(11(14)15)8-13-18(16,17)7-6-12(3,4)5/h9-10,13H,6-8H2,1-5H3,(H,14,15). The van der Waals surface area contributed by atoms with Crippen LogP contribution in [0.25, 0.3) is 0 Å². The summed E-state index contributed by atoms with van der Waals surface area (Å²) in [5.41, 5.74) is -0.0566. The Morgan fingerprint density at radius 1 is 1.28 bits per heavy atom. The second kappa shape index (κ2) is 6.52. The predicted molar refractivity (Wildman–Crippen MR) is 71.8 cm³/mol. The second-order valence-corrected chi connectivity index (χ2v) is 8.09. The van der Waals surface area contributed by atoms with Gasteiger partial charge in [-0.3, -0.25) is 4.79 Å². The summed E-state index contributed by atoms with van der Waals surface area (Å²) >= 11 is 0. The summed E-state index contributed by atoms with van der Waals surface area (Å²) in [7, 11) is -3.39. The van der Waals surface area contributed by atoms with Gasteiger partial charge in [0.25, 0.3) is 0 Å². The van der Waals surface area contributed by atoms with Gasteiger partial charge in [0.1, 0.15) is 0 Å². The minimum atomic E-state index is -3.39. The van der Waals surface area contributed by atoms with Crippen LogP contribution in [0.15, 0.2) is 0 Å². The Morgan fingerprint density at radius 2 is 1.78 bits per heavy atom. The van der Waals surface area contributed by atoms with E-state index in [4.69, 9.17) is 5.11 Å². The van der Waals surface area contributed by atoms with E-state index in [0.717, 1.165) is 0 Å². The lowest BCUT2D eigenvalue weighted by molar-refractivity contribution is -0.142. The molecule has 5 nitrogen and oxygen atoms in total. The van der Waals surface area contributed by atoms with E-state index in [1.165, 1.54) is 0 Å². The molecule has 108 valence electrons. The maximum absolute atomic E-state index is 11.7. The Labute approximate surface area is 110 Å². The molecule has 0 aromatic rings. The number of hydrogen-bond acceptors (Lipinski definition) is 3. The molecule has 0 aliphatic heterocycles. The minimum absolute atomic E-state index is 0.0287. The van der Waals surface area contributed by atoms with Gasteiger partial charge in [-0.05, 0) is 17.8 Å². The van der Waals surface area contributed by atoms with E-state index < -0.39 is 21.9 Å². The summed E-state index contributed by atoms with van der Waals surface area (Å²) in [4.78, 5) is 10.9. The highest BCUT2D eigenvalue weighted by molar-refractivity contribution is 7.89. The van der Waals surface area contributed by atoms with Crippen molar-refractivity contribution >= 4 is 16.0 Å². The van der Waals surface area contributed by atoms with E-state index in [1.54, 1.807) is 13.8 Å². The zero-order valence-electron chi connectivity index (χ0n) is 11.9. The molecule has 6 heteroatoms. The molecular weight excluding hydrogens is 254 g/mol. The van der Waals surface area contributed by atoms with E-state index in [2.05, 4.69) is 4.72 Å². The molecule has 0 saturated carbocycles. The Bertz CT molecular complexity index is 368. The Hall–Kier alpha value is -0.620. The number of aliphatic carboxylic acids is 1. The van der Waals surface area contributed by atoms with E-state index in [9.17, 15) is 13.2 Å². The van der Waals surface area contributed by atoms with Crippen LogP contribution in [0.5, 0.6) is 0 Å². The summed E-state index contributed by atoms with van der Waals surface area (Å²) < 4.78 is 25.8. The van der Waals surface area contributed by atoms with Crippen molar-refractivity contribution < 1.29 is 18.3 Å². The SMILES string of the molecule is CC(C)C(CNS(=O)(=O)CCC(C)(C)C)C(=O)O. The van der Waals surface area contributed by atoms with Crippen LogP contribution in [-0.2, 0) is 14.8 Å². The minimum Gasteiger partial charge on any atom is -0.481 e. The molecule has 0 fully saturated rings. The van der Waals surface area contributed by atoms with Gasteiger partial charge in [-0.2, -0.15) is 0 Å². The highest BCUT2D eigenvalue weighted by atomic mass is 32.2. The van der Waals surface area contributed by atoms with Crippen molar-refractivity contribution in [2.24, 2.45) is 17.3 Å². The zero-order chi connectivity index (χ0) is 14.6. The molecule has 0 aliphatic carbocycles. The lowest BCUT2D eigenvalue weighted by atomic mass is 9.94. The highest BCUT2D eigenvalue weighted by Crippen LogP contribution is 2.19. The van der Waals surface area contributed by atoms with E-state index in [1.807, 2.05) is 20.8 Å². The number of carbonyl (C=O) groups is 1. The third kappa shape index (κ3) is 7.66. The number of hydrogen-bond donors (Lipinski definition) is 2. The molecular formula is C12H25NO4S. The van der Waals surface area contributed by atoms with Crippen molar-refractivity contribution in [1.29, 1.82) is 0 Å². The van der Waals surface area contributed by atoms with Crippen molar-refractivity contribution in [3.8, 4) is 0 Å². The van der Waals surface area contributed by atoms with Gasteiger partial charge in [0.15, 0.2) is 0 Å². The molecule has 1 atom stereocenters. The maximum atomic E-state index is 11.7. The fourth-order valence-electron chi connectivity index (χ4n) is 1.34. The van der Waals surface area contributed by atoms with Crippen LogP contribution in [0.2, 0.25) is 0 Å². The van der Waals surface area contributed by atoms with Crippen LogP contribution in [0.4, 0.5) is 0 Å². The first-order chi connectivity index (χ1) is 7.94. The summed E-state index contributed by atoms with van der Waals surface area (Å²) in [5, 5.41) is 8.96. The third-order valence-electron chi connectivity index (χ3n) is 2.77. The van der Waals surface area contributed by atoms with Crippen LogP contribution >= 0.6 is 0 Å². The quantitative estimate of drug-likeness (QED) is 0.743. The molecule has 0 radical (unpaired) electrons. The van der Waals surface area contributed by atoms with Crippen LogP contribution in [0.1, 0.15) is 41.0 Å². The number of sulfonamides is 1. The second-order valence-electron chi connectivity index (χ2n) is 6.17. The van der Waals surface area contributed by atoms with Crippen LogP contribution < -0.4 is 4.72 Å². The van der Waals surface area contributed by atoms with Crippen molar-refractivity contribution in [2.75, 3.05) is 12.3 Å². The van der Waals surface area contributed by atoms with Crippen LogP contribution in [0, 0.1) is 17.3 Å². The molecule has 0 aromatic carbocycles. The van der Waals surface area contributed by atoms with Gasteiger partial charge in [-0.1, -0.05) is 34.6 Å².